The monoisotopic (exact) mass is 278 g/mol. The molecule has 0 bridgehead atoms. The lowest BCUT2D eigenvalue weighted by molar-refractivity contribution is -0.146. The highest BCUT2D eigenvalue weighted by molar-refractivity contribution is 5.68. The Bertz CT molecular complexity index is 439. The van der Waals surface area contributed by atoms with Gasteiger partial charge in [0, 0.05) is 18.7 Å². The van der Waals surface area contributed by atoms with Crippen molar-refractivity contribution in [3.63, 3.8) is 0 Å². The molecule has 0 saturated heterocycles. The number of anilines is 1. The summed E-state index contributed by atoms with van der Waals surface area (Å²) in [4.78, 5) is 10.4. The molecule has 5 heteroatoms. The fourth-order valence-electron chi connectivity index (χ4n) is 1.25. The molecule has 0 fully saturated rings. The summed E-state index contributed by atoms with van der Waals surface area (Å²) in [5.74, 6) is -0.125. The Hall–Kier alpha value is -2.06. The van der Waals surface area contributed by atoms with Gasteiger partial charge in [-0.25, -0.2) is 0 Å². The van der Waals surface area contributed by atoms with E-state index >= 15 is 0 Å². The maximum absolute atomic E-state index is 10.4. The van der Waals surface area contributed by atoms with E-state index in [1.807, 2.05) is 26.0 Å². The summed E-state index contributed by atoms with van der Waals surface area (Å²) in [6.07, 6.45) is 0.500. The van der Waals surface area contributed by atoms with Gasteiger partial charge in [0.25, 0.3) is 0 Å². The molecule has 0 heterocycles. The molecule has 20 heavy (non-hydrogen) atoms. The second-order valence-corrected chi connectivity index (χ2v) is 4.24. The Balaban J connectivity index is 0.000000396. The fourth-order valence-corrected chi connectivity index (χ4v) is 1.25. The Labute approximate surface area is 120 Å². The molecule has 1 rings (SSSR count). The summed E-state index contributed by atoms with van der Waals surface area (Å²) in [5, 5.41) is 20.1. The van der Waals surface area contributed by atoms with Crippen LogP contribution in [-0.2, 0) is 9.53 Å². The molecule has 0 saturated carbocycles. The standard InChI is InChI=1S/C9H10N2O.C6H12O2/c10-7-8-2-1-3-9(6-8)11-4-5-12;1-4-6(7)8-5(2)3/h1-3,6,11-12H,4-5H2;5H,4H2,1-3H3. The smallest absolute Gasteiger partial charge is 0.305 e. The van der Waals surface area contributed by atoms with Crippen LogP contribution in [0.1, 0.15) is 32.8 Å². The van der Waals surface area contributed by atoms with Crippen molar-refractivity contribution in [2.24, 2.45) is 0 Å². The second kappa shape index (κ2) is 10.8. The van der Waals surface area contributed by atoms with Crippen molar-refractivity contribution in [1.82, 2.24) is 0 Å². The quantitative estimate of drug-likeness (QED) is 0.808. The van der Waals surface area contributed by atoms with Gasteiger partial charge in [0.1, 0.15) is 0 Å². The van der Waals surface area contributed by atoms with Crippen LogP contribution >= 0.6 is 0 Å². The molecule has 110 valence electrons. The Kier molecular flexibility index (Phi) is 9.71. The molecule has 0 aliphatic rings. The van der Waals surface area contributed by atoms with Crippen molar-refractivity contribution >= 4 is 11.7 Å². The summed E-state index contributed by atoms with van der Waals surface area (Å²) in [6, 6.07) is 9.19. The van der Waals surface area contributed by atoms with E-state index < -0.39 is 0 Å². The van der Waals surface area contributed by atoms with Gasteiger partial charge in [-0.05, 0) is 32.0 Å². The Morgan fingerprint density at radius 3 is 2.65 bits per heavy atom. The molecule has 5 nitrogen and oxygen atoms in total. The number of nitriles is 1. The van der Waals surface area contributed by atoms with Crippen molar-refractivity contribution in [3.8, 4) is 6.07 Å². The molecule has 1 aromatic carbocycles. The van der Waals surface area contributed by atoms with Crippen molar-refractivity contribution in [1.29, 1.82) is 5.26 Å². The molecular formula is C15H22N2O3. The molecule has 0 amide bonds. The Morgan fingerprint density at radius 2 is 2.20 bits per heavy atom. The zero-order valence-electron chi connectivity index (χ0n) is 12.2. The summed E-state index contributed by atoms with van der Waals surface area (Å²) in [5.41, 5.74) is 1.49. The number of benzene rings is 1. The van der Waals surface area contributed by atoms with Gasteiger partial charge in [-0.1, -0.05) is 13.0 Å². The lowest BCUT2D eigenvalue weighted by Crippen LogP contribution is -2.09. The van der Waals surface area contributed by atoms with Gasteiger partial charge in [0.05, 0.1) is 24.3 Å². The van der Waals surface area contributed by atoms with Crippen LogP contribution in [-0.4, -0.2) is 30.3 Å². The van der Waals surface area contributed by atoms with Crippen molar-refractivity contribution < 1.29 is 14.6 Å². The van der Waals surface area contributed by atoms with E-state index in [1.54, 1.807) is 25.1 Å². The van der Waals surface area contributed by atoms with Crippen LogP contribution in [0.3, 0.4) is 0 Å². The summed E-state index contributed by atoms with van der Waals surface area (Å²) in [6.45, 7) is 6.07. The van der Waals surface area contributed by atoms with Crippen molar-refractivity contribution in [2.45, 2.75) is 33.3 Å². The third-order valence-corrected chi connectivity index (χ3v) is 2.09. The number of carbonyl (C=O) groups excluding carboxylic acids is 1. The lowest BCUT2D eigenvalue weighted by Gasteiger charge is -2.04. The first-order valence-corrected chi connectivity index (χ1v) is 6.57. The molecule has 0 spiro atoms. The first-order valence-electron chi connectivity index (χ1n) is 6.57. The topological polar surface area (TPSA) is 82.4 Å². The third kappa shape index (κ3) is 8.95. The number of ether oxygens (including phenoxy) is 1. The fraction of sp³-hybridized carbons (Fsp3) is 0.467. The molecule has 0 atom stereocenters. The number of esters is 1. The van der Waals surface area contributed by atoms with Crippen molar-refractivity contribution in [3.05, 3.63) is 29.8 Å². The van der Waals surface area contributed by atoms with Gasteiger partial charge in [-0.3, -0.25) is 4.79 Å². The van der Waals surface area contributed by atoms with Crippen LogP contribution in [0.5, 0.6) is 0 Å². The molecular weight excluding hydrogens is 256 g/mol. The first kappa shape index (κ1) is 17.9. The van der Waals surface area contributed by atoms with Crippen molar-refractivity contribution in [2.75, 3.05) is 18.5 Å². The molecule has 2 N–H and O–H groups in total. The van der Waals surface area contributed by atoms with Crippen LogP contribution in [0, 0.1) is 11.3 Å². The highest BCUT2D eigenvalue weighted by Gasteiger charge is 1.99. The van der Waals surface area contributed by atoms with Crippen LogP contribution in [0.25, 0.3) is 0 Å². The summed E-state index contributed by atoms with van der Waals surface area (Å²) < 4.78 is 4.76. The van der Waals surface area contributed by atoms with E-state index in [-0.39, 0.29) is 18.7 Å². The summed E-state index contributed by atoms with van der Waals surface area (Å²) in [7, 11) is 0. The lowest BCUT2D eigenvalue weighted by atomic mass is 10.2. The minimum absolute atomic E-state index is 0.0300. The van der Waals surface area contributed by atoms with Gasteiger partial charge in [-0.15, -0.1) is 0 Å². The first-order chi connectivity index (χ1) is 9.53. The summed E-state index contributed by atoms with van der Waals surface area (Å²) >= 11 is 0. The predicted octanol–water partition coefficient (Wildman–Crippen LogP) is 2.31. The number of carbonyl (C=O) groups is 1. The van der Waals surface area contributed by atoms with E-state index in [4.69, 9.17) is 15.1 Å². The van der Waals surface area contributed by atoms with E-state index in [0.717, 1.165) is 5.69 Å². The number of aliphatic hydroxyl groups excluding tert-OH is 1. The molecule has 0 radical (unpaired) electrons. The highest BCUT2D eigenvalue weighted by Crippen LogP contribution is 2.08. The van der Waals surface area contributed by atoms with Crippen LogP contribution in [0.15, 0.2) is 24.3 Å². The predicted molar refractivity (Wildman–Crippen MR) is 78.3 cm³/mol. The van der Waals surface area contributed by atoms with E-state index in [0.29, 0.717) is 18.5 Å². The van der Waals surface area contributed by atoms with Gasteiger partial charge < -0.3 is 15.2 Å². The number of rotatable bonds is 5. The van der Waals surface area contributed by atoms with Crippen LogP contribution in [0.2, 0.25) is 0 Å². The van der Waals surface area contributed by atoms with Gasteiger partial charge in [0.2, 0.25) is 0 Å². The third-order valence-electron chi connectivity index (χ3n) is 2.09. The minimum atomic E-state index is -0.125. The van der Waals surface area contributed by atoms with Gasteiger partial charge >= 0.3 is 5.97 Å². The zero-order chi connectivity index (χ0) is 15.4. The minimum Gasteiger partial charge on any atom is -0.463 e. The van der Waals surface area contributed by atoms with Gasteiger partial charge in [0.15, 0.2) is 0 Å². The van der Waals surface area contributed by atoms with E-state index in [1.165, 1.54) is 0 Å². The maximum Gasteiger partial charge on any atom is 0.305 e. The molecule has 1 aromatic rings. The van der Waals surface area contributed by atoms with E-state index in [9.17, 15) is 4.79 Å². The second-order valence-electron chi connectivity index (χ2n) is 4.24. The average molecular weight is 278 g/mol. The Morgan fingerprint density at radius 1 is 1.50 bits per heavy atom. The number of hydrogen-bond acceptors (Lipinski definition) is 5. The zero-order valence-corrected chi connectivity index (χ0v) is 12.2. The molecule has 0 aliphatic carbocycles. The number of hydrogen-bond donors (Lipinski definition) is 2. The largest absolute Gasteiger partial charge is 0.463 e. The SMILES string of the molecule is CCC(=O)OC(C)C.N#Cc1cccc(NCCO)c1. The maximum atomic E-state index is 10.4. The molecule has 0 aliphatic heterocycles. The van der Waals surface area contributed by atoms with Gasteiger partial charge in [-0.2, -0.15) is 5.26 Å². The molecule has 0 aromatic heterocycles. The van der Waals surface area contributed by atoms with Crippen LogP contribution in [0.4, 0.5) is 5.69 Å². The average Bonchev–Trinajstić information content (AvgIpc) is 2.45. The number of nitrogens with one attached hydrogen (secondary N) is 1. The normalized spacial score (nSPS) is 9.20. The molecule has 0 unspecified atom stereocenters. The number of aliphatic hydroxyl groups is 1. The number of nitrogens with zero attached hydrogens (tertiary/aromatic N) is 1. The highest BCUT2D eigenvalue weighted by atomic mass is 16.5. The van der Waals surface area contributed by atoms with Crippen LogP contribution < -0.4 is 5.32 Å². The van der Waals surface area contributed by atoms with E-state index in [2.05, 4.69) is 5.32 Å².